The number of allylic oxidation sites excluding steroid dienone is 8. The third-order valence-corrected chi connectivity index (χ3v) is 8.54. The summed E-state index contributed by atoms with van der Waals surface area (Å²) in [5.41, 5.74) is 2.43. The molecule has 0 aromatic heterocycles. The molecule has 0 aromatic carbocycles. The zero-order valence-corrected chi connectivity index (χ0v) is 14.3. The molecule has 0 amide bonds. The zero-order chi connectivity index (χ0) is 13.8. The van der Waals surface area contributed by atoms with Crippen molar-refractivity contribution in [1.82, 2.24) is 0 Å². The largest absolute Gasteiger partial charge is 0.0840 e. The van der Waals surface area contributed by atoms with Crippen LogP contribution < -0.4 is 0 Å². The van der Waals surface area contributed by atoms with Crippen LogP contribution in [0.4, 0.5) is 0 Å². The quantitative estimate of drug-likeness (QED) is 0.630. The molecule has 0 radical (unpaired) electrons. The first-order valence-electron chi connectivity index (χ1n) is 8.47. The summed E-state index contributed by atoms with van der Waals surface area (Å²) in [5.74, 6) is 1.00. The topological polar surface area (TPSA) is 0 Å². The van der Waals surface area contributed by atoms with E-state index in [9.17, 15) is 0 Å². The molecule has 3 aliphatic carbocycles. The molecule has 2 atom stereocenters. The van der Waals surface area contributed by atoms with Crippen LogP contribution in [0, 0.1) is 5.92 Å². The first-order valence-corrected chi connectivity index (χ1v) is 9.99. The lowest BCUT2D eigenvalue weighted by Gasteiger charge is -2.38. The van der Waals surface area contributed by atoms with Gasteiger partial charge in [-0.25, -0.2) is 0 Å². The maximum absolute atomic E-state index is 2.59. The summed E-state index contributed by atoms with van der Waals surface area (Å²) in [6.45, 7) is 2.33. The number of hydrogen-bond acceptors (Lipinski definition) is 0. The summed E-state index contributed by atoms with van der Waals surface area (Å²) in [6.07, 6.45) is 26.9. The van der Waals surface area contributed by atoms with Crippen molar-refractivity contribution < 1.29 is 0 Å². The predicted molar refractivity (Wildman–Crippen MR) is 92.0 cm³/mol. The first kappa shape index (κ1) is 14.1. The summed E-state index contributed by atoms with van der Waals surface area (Å²) in [5, 5.41) is 0.561. The van der Waals surface area contributed by atoms with Crippen molar-refractivity contribution in [3.8, 4) is 0 Å². The van der Waals surface area contributed by atoms with Gasteiger partial charge in [0.2, 0.25) is 0 Å². The summed E-state index contributed by atoms with van der Waals surface area (Å²) >= 11 is 0. The lowest BCUT2D eigenvalue weighted by atomic mass is 9.80. The van der Waals surface area contributed by atoms with Crippen molar-refractivity contribution in [2.24, 2.45) is 5.92 Å². The Balaban J connectivity index is 1.71. The van der Waals surface area contributed by atoms with Crippen molar-refractivity contribution in [1.29, 1.82) is 0 Å². The van der Waals surface area contributed by atoms with Crippen molar-refractivity contribution >= 4 is 9.52 Å². The highest BCUT2D eigenvalue weighted by Gasteiger charge is 2.34. The molecule has 0 N–H and O–H groups in total. The average Bonchev–Trinajstić information content (AvgIpc) is 2.86. The molecule has 3 aliphatic rings. The highest BCUT2D eigenvalue weighted by Crippen LogP contribution is 2.48. The summed E-state index contributed by atoms with van der Waals surface area (Å²) in [7, 11) is -0.150. The fourth-order valence-corrected chi connectivity index (χ4v) is 7.15. The van der Waals surface area contributed by atoms with Gasteiger partial charge >= 0.3 is 0 Å². The van der Waals surface area contributed by atoms with Crippen LogP contribution in [-0.2, 0) is 0 Å². The van der Waals surface area contributed by atoms with E-state index >= 15 is 0 Å². The molecule has 1 saturated carbocycles. The Morgan fingerprint density at radius 3 is 2.65 bits per heavy atom. The summed E-state index contributed by atoms with van der Waals surface area (Å²) < 4.78 is 0. The van der Waals surface area contributed by atoms with Crippen LogP contribution in [0.15, 0.2) is 48.1 Å². The third-order valence-electron chi connectivity index (χ3n) is 5.56. The Labute approximate surface area is 126 Å². The lowest BCUT2D eigenvalue weighted by Crippen LogP contribution is -2.26. The van der Waals surface area contributed by atoms with Gasteiger partial charge < -0.3 is 0 Å². The van der Waals surface area contributed by atoms with Gasteiger partial charge in [-0.15, -0.1) is 0 Å². The Hall–Kier alpha value is -0.823. The molecule has 0 bridgehead atoms. The van der Waals surface area contributed by atoms with E-state index in [1.54, 1.807) is 5.57 Å². The SMILES string of the molecule is CC1=CC=CC1[SiH2]C1(CC2CCCCC2)C=CC=CC1. The van der Waals surface area contributed by atoms with Crippen LogP contribution in [0.2, 0.25) is 10.6 Å². The van der Waals surface area contributed by atoms with E-state index in [2.05, 4.69) is 49.5 Å². The van der Waals surface area contributed by atoms with Gasteiger partial charge in [0, 0.05) is 9.52 Å². The molecule has 20 heavy (non-hydrogen) atoms. The second-order valence-electron chi connectivity index (χ2n) is 7.17. The zero-order valence-electron chi connectivity index (χ0n) is 12.9. The molecule has 2 unspecified atom stereocenters. The van der Waals surface area contributed by atoms with Crippen LogP contribution in [0.25, 0.3) is 0 Å². The van der Waals surface area contributed by atoms with E-state index in [0.29, 0.717) is 5.04 Å². The fourth-order valence-electron chi connectivity index (χ4n) is 4.35. The average molecular weight is 285 g/mol. The highest BCUT2D eigenvalue weighted by molar-refractivity contribution is 6.45. The predicted octanol–water partition coefficient (Wildman–Crippen LogP) is 5.11. The normalized spacial score (nSPS) is 34.2. The Kier molecular flexibility index (Phi) is 4.45. The maximum Gasteiger partial charge on any atom is 0.0450 e. The van der Waals surface area contributed by atoms with E-state index in [1.807, 2.05) is 0 Å². The van der Waals surface area contributed by atoms with Gasteiger partial charge in [-0.3, -0.25) is 0 Å². The monoisotopic (exact) mass is 284 g/mol. The van der Waals surface area contributed by atoms with Gasteiger partial charge in [0.1, 0.15) is 0 Å². The van der Waals surface area contributed by atoms with E-state index in [-0.39, 0.29) is 9.52 Å². The van der Waals surface area contributed by atoms with Crippen LogP contribution >= 0.6 is 0 Å². The van der Waals surface area contributed by atoms with Gasteiger partial charge in [0.05, 0.1) is 0 Å². The van der Waals surface area contributed by atoms with Gasteiger partial charge in [-0.05, 0) is 36.3 Å². The minimum atomic E-state index is -0.150. The van der Waals surface area contributed by atoms with Crippen molar-refractivity contribution in [2.75, 3.05) is 0 Å². The molecule has 0 saturated heterocycles. The van der Waals surface area contributed by atoms with Gasteiger partial charge in [-0.1, -0.05) is 80.2 Å². The third kappa shape index (κ3) is 3.25. The molecule has 108 valence electrons. The van der Waals surface area contributed by atoms with Crippen molar-refractivity contribution in [3.05, 3.63) is 48.1 Å². The van der Waals surface area contributed by atoms with Gasteiger partial charge in [0.15, 0.2) is 0 Å². The minimum absolute atomic E-state index is 0.150. The number of rotatable bonds is 4. The second kappa shape index (κ2) is 6.30. The Bertz CT molecular complexity index is 448. The minimum Gasteiger partial charge on any atom is -0.0840 e. The molecule has 3 rings (SSSR count). The van der Waals surface area contributed by atoms with E-state index < -0.39 is 0 Å². The summed E-state index contributed by atoms with van der Waals surface area (Å²) in [4.78, 5) is 0. The molecule has 1 heteroatoms. The van der Waals surface area contributed by atoms with E-state index in [1.165, 1.54) is 44.9 Å². The molecular formula is C19H28Si. The standard InChI is InChI=1S/C19H28Si/c1-16-9-8-12-18(16)20-19(13-6-3-7-14-19)15-17-10-4-2-5-11-17/h3,6-9,12-13,17-18H,2,4-5,10-11,14-15,20H2,1H3. The van der Waals surface area contributed by atoms with E-state index in [4.69, 9.17) is 0 Å². The van der Waals surface area contributed by atoms with Crippen molar-refractivity contribution in [2.45, 2.75) is 62.4 Å². The molecule has 1 fully saturated rings. The van der Waals surface area contributed by atoms with Crippen molar-refractivity contribution in [3.63, 3.8) is 0 Å². The fraction of sp³-hybridized carbons (Fsp3) is 0.579. The summed E-state index contributed by atoms with van der Waals surface area (Å²) in [6, 6.07) is 0. The molecule has 0 aliphatic heterocycles. The molecule has 0 heterocycles. The second-order valence-corrected chi connectivity index (χ2v) is 9.86. The lowest BCUT2D eigenvalue weighted by molar-refractivity contribution is 0.313. The van der Waals surface area contributed by atoms with Crippen LogP contribution in [-0.4, -0.2) is 9.52 Å². The van der Waals surface area contributed by atoms with Crippen LogP contribution in [0.5, 0.6) is 0 Å². The Morgan fingerprint density at radius 1 is 1.15 bits per heavy atom. The Morgan fingerprint density at radius 2 is 2.00 bits per heavy atom. The molecule has 0 spiro atoms. The van der Waals surface area contributed by atoms with E-state index in [0.717, 1.165) is 11.5 Å². The molecular weight excluding hydrogens is 256 g/mol. The molecule has 0 aromatic rings. The van der Waals surface area contributed by atoms with Gasteiger partial charge in [-0.2, -0.15) is 0 Å². The highest BCUT2D eigenvalue weighted by atomic mass is 28.2. The van der Waals surface area contributed by atoms with Crippen LogP contribution in [0.3, 0.4) is 0 Å². The smallest absolute Gasteiger partial charge is 0.0450 e. The first-order chi connectivity index (χ1) is 9.77. The maximum atomic E-state index is 2.59. The van der Waals surface area contributed by atoms with Gasteiger partial charge in [0.25, 0.3) is 0 Å². The molecule has 0 nitrogen and oxygen atoms in total. The van der Waals surface area contributed by atoms with Crippen LogP contribution in [0.1, 0.15) is 51.9 Å². The number of hydrogen-bond donors (Lipinski definition) is 0.